The van der Waals surface area contributed by atoms with Crippen LogP contribution in [0, 0.1) is 0 Å². The molecule has 4 rings (SSSR count). The topological polar surface area (TPSA) is 71.8 Å². The van der Waals surface area contributed by atoms with E-state index in [4.69, 9.17) is 0 Å². The Balaban J connectivity index is 1.51. The third kappa shape index (κ3) is 4.07. The lowest BCUT2D eigenvalue weighted by Gasteiger charge is -2.32. The number of pyridine rings is 1. The maximum atomic E-state index is 4.68. The van der Waals surface area contributed by atoms with Crippen molar-refractivity contribution in [2.45, 2.75) is 32.2 Å². The van der Waals surface area contributed by atoms with Crippen molar-refractivity contribution >= 4 is 11.8 Å². The zero-order valence-electron chi connectivity index (χ0n) is 15.6. The molecular weight excluding hydrogens is 338 g/mol. The summed E-state index contributed by atoms with van der Waals surface area (Å²) in [4.78, 5) is 20.2. The summed E-state index contributed by atoms with van der Waals surface area (Å²) in [5.41, 5.74) is 1.23. The number of hydrogen-bond donors (Lipinski definition) is 1. The molecule has 0 amide bonds. The van der Waals surface area contributed by atoms with Crippen LogP contribution < -0.4 is 10.2 Å². The Morgan fingerprint density at radius 3 is 2.85 bits per heavy atom. The lowest BCUT2D eigenvalue weighted by atomic mass is 9.97. The Labute approximate surface area is 159 Å². The van der Waals surface area contributed by atoms with Gasteiger partial charge in [0.2, 0.25) is 5.95 Å². The van der Waals surface area contributed by atoms with E-state index in [2.05, 4.69) is 60.0 Å². The highest BCUT2D eigenvalue weighted by atomic mass is 15.3. The lowest BCUT2D eigenvalue weighted by Crippen LogP contribution is -2.36. The van der Waals surface area contributed by atoms with Crippen LogP contribution >= 0.6 is 0 Å². The first-order chi connectivity index (χ1) is 13.3. The van der Waals surface area contributed by atoms with Crippen molar-refractivity contribution in [3.63, 3.8) is 0 Å². The van der Waals surface area contributed by atoms with E-state index in [1.54, 1.807) is 0 Å². The highest BCUT2D eigenvalue weighted by Gasteiger charge is 2.26. The van der Waals surface area contributed by atoms with Gasteiger partial charge in [-0.2, -0.15) is 4.98 Å². The molecule has 7 nitrogen and oxygen atoms in total. The molecule has 0 radical (unpaired) electrons. The van der Waals surface area contributed by atoms with Crippen molar-refractivity contribution in [1.29, 1.82) is 0 Å². The van der Waals surface area contributed by atoms with Crippen LogP contribution in [-0.4, -0.2) is 44.1 Å². The number of nitrogens with zero attached hydrogens (tertiary/aromatic N) is 6. The van der Waals surface area contributed by atoms with Gasteiger partial charge in [-0.15, -0.1) is 0 Å². The summed E-state index contributed by atoms with van der Waals surface area (Å²) in [7, 11) is 0. The number of imidazole rings is 1. The van der Waals surface area contributed by atoms with Gasteiger partial charge in [-0.1, -0.05) is 0 Å². The number of hydrogen-bond acceptors (Lipinski definition) is 6. The summed E-state index contributed by atoms with van der Waals surface area (Å²) in [5, 5.41) is 3.26. The van der Waals surface area contributed by atoms with Crippen LogP contribution in [0.5, 0.6) is 0 Å². The van der Waals surface area contributed by atoms with E-state index in [1.807, 2.05) is 30.9 Å². The normalized spacial score (nSPS) is 17.1. The second-order valence-electron chi connectivity index (χ2n) is 6.83. The van der Waals surface area contributed by atoms with Gasteiger partial charge in [0.15, 0.2) is 0 Å². The summed E-state index contributed by atoms with van der Waals surface area (Å²) >= 11 is 0. The minimum Gasteiger partial charge on any atom is -0.370 e. The predicted molar refractivity (Wildman–Crippen MR) is 106 cm³/mol. The van der Waals surface area contributed by atoms with Crippen LogP contribution in [0.4, 0.5) is 11.8 Å². The van der Waals surface area contributed by atoms with Gasteiger partial charge in [0.1, 0.15) is 11.6 Å². The molecule has 7 heteroatoms. The molecule has 1 saturated heterocycles. The van der Waals surface area contributed by atoms with Gasteiger partial charge in [0.05, 0.1) is 0 Å². The van der Waals surface area contributed by atoms with Crippen molar-refractivity contribution in [3.8, 4) is 0 Å². The zero-order chi connectivity index (χ0) is 18.5. The van der Waals surface area contributed by atoms with E-state index < -0.39 is 0 Å². The van der Waals surface area contributed by atoms with Crippen molar-refractivity contribution in [3.05, 3.63) is 60.6 Å². The molecule has 0 aliphatic carbocycles. The molecule has 0 aromatic carbocycles. The monoisotopic (exact) mass is 363 g/mol. The fourth-order valence-electron chi connectivity index (χ4n) is 3.65. The molecule has 27 heavy (non-hydrogen) atoms. The summed E-state index contributed by atoms with van der Waals surface area (Å²) < 4.78 is 2.25. The van der Waals surface area contributed by atoms with Crippen LogP contribution in [-0.2, 0) is 6.54 Å². The Morgan fingerprint density at radius 1 is 1.11 bits per heavy atom. The minimum absolute atomic E-state index is 0.377. The fraction of sp³-hybridized carbons (Fsp3) is 0.400. The minimum atomic E-state index is 0.377. The quantitative estimate of drug-likeness (QED) is 0.726. The van der Waals surface area contributed by atoms with E-state index in [-0.39, 0.29) is 0 Å². The molecule has 1 N–H and O–H groups in total. The van der Waals surface area contributed by atoms with Crippen molar-refractivity contribution < 1.29 is 0 Å². The van der Waals surface area contributed by atoms with Gasteiger partial charge in [0, 0.05) is 63.1 Å². The lowest BCUT2D eigenvalue weighted by molar-refractivity contribution is 0.471. The van der Waals surface area contributed by atoms with Crippen LogP contribution in [0.2, 0.25) is 0 Å². The smallest absolute Gasteiger partial charge is 0.227 e. The Morgan fingerprint density at radius 2 is 2.00 bits per heavy atom. The van der Waals surface area contributed by atoms with Crippen LogP contribution in [0.3, 0.4) is 0 Å². The molecule has 3 aromatic heterocycles. The third-order valence-electron chi connectivity index (χ3n) is 4.92. The van der Waals surface area contributed by atoms with Crippen LogP contribution in [0.15, 0.2) is 49.2 Å². The van der Waals surface area contributed by atoms with E-state index >= 15 is 0 Å². The molecule has 1 aliphatic heterocycles. The second kappa shape index (κ2) is 8.16. The average Bonchev–Trinajstić information content (AvgIpc) is 3.17. The molecule has 1 aliphatic rings. The SMILES string of the molecule is CCNc1ccnc(N2CCCC(c3nccn3Cc3ccncc3)C2)n1. The van der Waals surface area contributed by atoms with Gasteiger partial charge in [-0.3, -0.25) is 4.98 Å². The highest BCUT2D eigenvalue weighted by Crippen LogP contribution is 2.28. The van der Waals surface area contributed by atoms with Crippen LogP contribution in [0.25, 0.3) is 0 Å². The van der Waals surface area contributed by atoms with E-state index in [0.717, 1.165) is 56.6 Å². The van der Waals surface area contributed by atoms with Crippen molar-refractivity contribution in [2.24, 2.45) is 0 Å². The molecule has 0 bridgehead atoms. The van der Waals surface area contributed by atoms with Crippen molar-refractivity contribution in [2.75, 3.05) is 29.9 Å². The molecule has 0 saturated carbocycles. The first-order valence-electron chi connectivity index (χ1n) is 9.55. The number of piperidine rings is 1. The van der Waals surface area contributed by atoms with Gasteiger partial charge < -0.3 is 14.8 Å². The molecular formula is C20H25N7. The van der Waals surface area contributed by atoms with E-state index in [1.165, 1.54) is 5.56 Å². The Hall–Kier alpha value is -2.96. The molecule has 4 heterocycles. The number of nitrogens with one attached hydrogen (secondary N) is 1. The van der Waals surface area contributed by atoms with Gasteiger partial charge >= 0.3 is 0 Å². The first kappa shape index (κ1) is 17.5. The van der Waals surface area contributed by atoms with Crippen molar-refractivity contribution in [1.82, 2.24) is 24.5 Å². The first-order valence-corrected chi connectivity index (χ1v) is 9.55. The average molecular weight is 363 g/mol. The molecule has 1 unspecified atom stereocenters. The zero-order valence-corrected chi connectivity index (χ0v) is 15.6. The molecule has 140 valence electrons. The predicted octanol–water partition coefficient (Wildman–Crippen LogP) is 2.93. The van der Waals surface area contributed by atoms with E-state index in [0.29, 0.717) is 5.92 Å². The Kier molecular flexibility index (Phi) is 5.27. The summed E-state index contributed by atoms with van der Waals surface area (Å²) in [6.07, 6.45) is 11.7. The largest absolute Gasteiger partial charge is 0.370 e. The number of rotatable bonds is 6. The van der Waals surface area contributed by atoms with E-state index in [9.17, 15) is 0 Å². The standard InChI is InChI=1S/C20H25N7/c1-2-22-18-7-10-24-20(25-18)27-12-3-4-17(15-27)19-23-11-13-26(19)14-16-5-8-21-9-6-16/h5-11,13,17H,2-4,12,14-15H2,1H3,(H,22,24,25). The number of anilines is 2. The second-order valence-corrected chi connectivity index (χ2v) is 6.83. The Bertz CT molecular complexity index is 862. The third-order valence-corrected chi connectivity index (χ3v) is 4.92. The molecule has 1 fully saturated rings. The van der Waals surface area contributed by atoms with Gasteiger partial charge in [-0.25, -0.2) is 9.97 Å². The molecule has 0 spiro atoms. The fourth-order valence-corrected chi connectivity index (χ4v) is 3.65. The highest BCUT2D eigenvalue weighted by molar-refractivity contribution is 5.41. The van der Waals surface area contributed by atoms with Gasteiger partial charge in [0.25, 0.3) is 0 Å². The van der Waals surface area contributed by atoms with Crippen LogP contribution in [0.1, 0.15) is 37.1 Å². The maximum Gasteiger partial charge on any atom is 0.227 e. The van der Waals surface area contributed by atoms with Gasteiger partial charge in [-0.05, 0) is 43.5 Å². The number of aromatic nitrogens is 5. The molecule has 1 atom stereocenters. The summed E-state index contributed by atoms with van der Waals surface area (Å²) in [6, 6.07) is 6.02. The summed E-state index contributed by atoms with van der Waals surface area (Å²) in [5.74, 6) is 3.19. The summed E-state index contributed by atoms with van der Waals surface area (Å²) in [6.45, 7) is 5.62. The molecule has 3 aromatic rings. The maximum absolute atomic E-state index is 4.68.